The molecule has 0 aliphatic rings. The lowest BCUT2D eigenvalue weighted by molar-refractivity contribution is -0.364. The van der Waals surface area contributed by atoms with E-state index in [2.05, 4.69) is 82.9 Å². The summed E-state index contributed by atoms with van der Waals surface area (Å²) in [6.07, 6.45) is 2.04. The van der Waals surface area contributed by atoms with Gasteiger partial charge in [-0.25, -0.2) is 4.98 Å². The van der Waals surface area contributed by atoms with Crippen molar-refractivity contribution < 1.29 is 4.98 Å². The maximum Gasteiger partial charge on any atom is 0.211 e. The third-order valence-electron chi connectivity index (χ3n) is 3.73. The van der Waals surface area contributed by atoms with Crippen LogP contribution in [0.25, 0.3) is 11.3 Å². The zero-order chi connectivity index (χ0) is 15.0. The Morgan fingerprint density at radius 2 is 1.25 bits per heavy atom. The van der Waals surface area contributed by atoms with Gasteiger partial charge in [-0.05, 0) is 34.1 Å². The second kappa shape index (κ2) is 5.05. The number of aromatic nitrogens is 1. The summed E-state index contributed by atoms with van der Waals surface area (Å²) >= 11 is 0. The van der Waals surface area contributed by atoms with Crippen LogP contribution in [0.15, 0.2) is 42.6 Å². The first-order valence-corrected chi connectivity index (χ1v) is 7.31. The maximum absolute atomic E-state index is 3.36. The molecule has 0 saturated heterocycles. The number of benzene rings is 1. The molecule has 1 aromatic heterocycles. The van der Waals surface area contributed by atoms with Gasteiger partial charge in [0.2, 0.25) is 5.69 Å². The Bertz CT molecular complexity index is 580. The lowest BCUT2D eigenvalue weighted by atomic mass is 9.85. The SMILES string of the molecule is CC(C)(C)c1ccc(-c2cc(C(C)(C)C)cc[nH+]2)cc1. The first kappa shape index (κ1) is 14.8. The van der Waals surface area contributed by atoms with Crippen LogP contribution in [-0.4, -0.2) is 0 Å². The van der Waals surface area contributed by atoms with Gasteiger partial charge in [-0.1, -0.05) is 53.7 Å². The molecule has 0 aliphatic carbocycles. The monoisotopic (exact) mass is 268 g/mol. The summed E-state index contributed by atoms with van der Waals surface area (Å²) in [5.41, 5.74) is 5.52. The Morgan fingerprint density at radius 1 is 0.700 bits per heavy atom. The molecule has 0 atom stereocenters. The maximum atomic E-state index is 3.36. The second-order valence-corrected chi connectivity index (χ2v) is 7.57. The highest BCUT2D eigenvalue weighted by molar-refractivity contribution is 5.57. The molecule has 1 aromatic carbocycles. The van der Waals surface area contributed by atoms with Crippen molar-refractivity contribution in [2.75, 3.05) is 0 Å². The van der Waals surface area contributed by atoms with E-state index in [4.69, 9.17) is 0 Å². The van der Waals surface area contributed by atoms with E-state index in [1.54, 1.807) is 0 Å². The van der Waals surface area contributed by atoms with Crippen molar-refractivity contribution in [3.05, 3.63) is 53.7 Å². The van der Waals surface area contributed by atoms with Crippen molar-refractivity contribution >= 4 is 0 Å². The van der Waals surface area contributed by atoms with E-state index in [-0.39, 0.29) is 10.8 Å². The van der Waals surface area contributed by atoms with Crippen molar-refractivity contribution in [1.82, 2.24) is 0 Å². The molecular weight excluding hydrogens is 242 g/mol. The zero-order valence-corrected chi connectivity index (χ0v) is 13.5. The molecule has 0 saturated carbocycles. The summed E-state index contributed by atoms with van der Waals surface area (Å²) in [6.45, 7) is 13.5. The molecule has 0 fully saturated rings. The average molecular weight is 268 g/mol. The molecule has 0 spiro atoms. The van der Waals surface area contributed by atoms with E-state index < -0.39 is 0 Å². The smallest absolute Gasteiger partial charge is 0.211 e. The van der Waals surface area contributed by atoms with Gasteiger partial charge in [0.1, 0.15) is 0 Å². The minimum atomic E-state index is 0.176. The van der Waals surface area contributed by atoms with Gasteiger partial charge in [0.05, 0.1) is 0 Å². The average Bonchev–Trinajstić information content (AvgIpc) is 2.37. The summed E-state index contributed by atoms with van der Waals surface area (Å²) in [7, 11) is 0. The number of hydrogen-bond acceptors (Lipinski definition) is 0. The van der Waals surface area contributed by atoms with Crippen LogP contribution < -0.4 is 4.98 Å². The molecule has 106 valence electrons. The van der Waals surface area contributed by atoms with Crippen LogP contribution in [0.3, 0.4) is 0 Å². The number of hydrogen-bond donors (Lipinski definition) is 0. The second-order valence-electron chi connectivity index (χ2n) is 7.57. The minimum Gasteiger partial charge on any atom is -0.211 e. The highest BCUT2D eigenvalue weighted by Gasteiger charge is 2.18. The van der Waals surface area contributed by atoms with Crippen molar-refractivity contribution in [1.29, 1.82) is 0 Å². The third kappa shape index (κ3) is 3.27. The molecule has 20 heavy (non-hydrogen) atoms. The topological polar surface area (TPSA) is 14.1 Å². The van der Waals surface area contributed by atoms with E-state index in [0.717, 1.165) is 0 Å². The Morgan fingerprint density at radius 3 is 1.75 bits per heavy atom. The van der Waals surface area contributed by atoms with Gasteiger partial charge in [0.15, 0.2) is 6.20 Å². The van der Waals surface area contributed by atoms with E-state index in [9.17, 15) is 0 Å². The lowest BCUT2D eigenvalue weighted by Crippen LogP contribution is -2.15. The predicted octanol–water partition coefficient (Wildman–Crippen LogP) is 4.76. The molecule has 0 bridgehead atoms. The number of pyridine rings is 1. The summed E-state index contributed by atoms with van der Waals surface area (Å²) in [4.78, 5) is 3.36. The fraction of sp³-hybridized carbons (Fsp3) is 0.421. The Balaban J connectivity index is 2.38. The number of aromatic amines is 1. The summed E-state index contributed by atoms with van der Waals surface area (Å²) in [5, 5.41) is 0. The van der Waals surface area contributed by atoms with Crippen LogP contribution >= 0.6 is 0 Å². The Labute approximate surface area is 123 Å². The molecular formula is C19H26N+. The molecule has 0 amide bonds. The molecule has 2 aromatic rings. The normalized spacial score (nSPS) is 12.5. The van der Waals surface area contributed by atoms with Crippen LogP contribution in [0.4, 0.5) is 0 Å². The van der Waals surface area contributed by atoms with Crippen molar-refractivity contribution in [3.8, 4) is 11.3 Å². The fourth-order valence-electron chi connectivity index (χ4n) is 2.25. The molecule has 0 radical (unpaired) electrons. The molecule has 0 aliphatic heterocycles. The Kier molecular flexibility index (Phi) is 3.73. The molecule has 2 rings (SSSR count). The highest BCUT2D eigenvalue weighted by Crippen LogP contribution is 2.27. The van der Waals surface area contributed by atoms with Crippen LogP contribution in [0.1, 0.15) is 52.7 Å². The highest BCUT2D eigenvalue weighted by atomic mass is 14.7. The van der Waals surface area contributed by atoms with Gasteiger partial charge in [-0.15, -0.1) is 0 Å². The quantitative estimate of drug-likeness (QED) is 0.708. The molecule has 1 nitrogen and oxygen atoms in total. The largest absolute Gasteiger partial charge is 0.211 e. The van der Waals surface area contributed by atoms with E-state index in [0.29, 0.717) is 0 Å². The predicted molar refractivity (Wildman–Crippen MR) is 85.8 cm³/mol. The Hall–Kier alpha value is -1.63. The van der Waals surface area contributed by atoms with Crippen molar-refractivity contribution in [2.24, 2.45) is 0 Å². The number of H-pyrrole nitrogens is 1. The first-order chi connectivity index (χ1) is 9.18. The van der Waals surface area contributed by atoms with Crippen LogP contribution in [0, 0.1) is 0 Å². The minimum absolute atomic E-state index is 0.176. The first-order valence-electron chi connectivity index (χ1n) is 7.31. The van der Waals surface area contributed by atoms with Crippen LogP contribution in [0.2, 0.25) is 0 Å². The summed E-state index contributed by atoms with van der Waals surface area (Å²) in [6, 6.07) is 13.3. The summed E-state index contributed by atoms with van der Waals surface area (Å²) < 4.78 is 0. The van der Waals surface area contributed by atoms with Gasteiger partial charge < -0.3 is 0 Å². The lowest BCUT2D eigenvalue weighted by Gasteiger charge is -2.19. The fourth-order valence-corrected chi connectivity index (χ4v) is 2.25. The van der Waals surface area contributed by atoms with E-state index in [1.807, 2.05) is 6.20 Å². The molecule has 1 N–H and O–H groups in total. The molecule has 0 unspecified atom stereocenters. The van der Waals surface area contributed by atoms with Gasteiger partial charge in [0, 0.05) is 17.7 Å². The van der Waals surface area contributed by atoms with Crippen LogP contribution in [0.5, 0.6) is 0 Å². The van der Waals surface area contributed by atoms with Gasteiger partial charge >= 0.3 is 0 Å². The molecule has 1 heteroatoms. The van der Waals surface area contributed by atoms with E-state index in [1.165, 1.54) is 22.4 Å². The van der Waals surface area contributed by atoms with Crippen LogP contribution in [-0.2, 0) is 10.8 Å². The summed E-state index contributed by atoms with van der Waals surface area (Å²) in [5.74, 6) is 0. The number of nitrogens with one attached hydrogen (secondary N) is 1. The third-order valence-corrected chi connectivity index (χ3v) is 3.73. The molecule has 1 heterocycles. The van der Waals surface area contributed by atoms with Gasteiger partial charge in [-0.3, -0.25) is 0 Å². The zero-order valence-electron chi connectivity index (χ0n) is 13.5. The van der Waals surface area contributed by atoms with Gasteiger partial charge in [0.25, 0.3) is 0 Å². The standard InChI is InChI=1S/C19H25N/c1-18(2,3)15-9-7-14(8-10-15)17-13-16(11-12-20-17)19(4,5)6/h7-13H,1-6H3/p+1. The number of rotatable bonds is 1. The van der Waals surface area contributed by atoms with Gasteiger partial charge in [-0.2, -0.15) is 0 Å². The van der Waals surface area contributed by atoms with Crippen molar-refractivity contribution in [3.63, 3.8) is 0 Å². The van der Waals surface area contributed by atoms with Crippen molar-refractivity contribution in [2.45, 2.75) is 52.4 Å². The van der Waals surface area contributed by atoms with E-state index >= 15 is 0 Å².